The topological polar surface area (TPSA) is 32.8 Å². The van der Waals surface area contributed by atoms with E-state index in [9.17, 15) is 4.79 Å². The Morgan fingerprint density at radius 3 is 2.52 bits per heavy atom. The zero-order chi connectivity index (χ0) is 20.0. The maximum Gasteiger partial charge on any atom is 0.267 e. The van der Waals surface area contributed by atoms with E-state index >= 15 is 0 Å². The first-order valence-electron chi connectivity index (χ1n) is 10.9. The van der Waals surface area contributed by atoms with Gasteiger partial charge in [0.1, 0.15) is 5.75 Å². The first-order chi connectivity index (χ1) is 14.1. The van der Waals surface area contributed by atoms with Gasteiger partial charge in [-0.15, -0.1) is 0 Å². The fourth-order valence-electron chi connectivity index (χ4n) is 5.14. The number of ether oxygens (including phenoxy) is 1. The number of amides is 1. The minimum Gasteiger partial charge on any atom is -0.481 e. The summed E-state index contributed by atoms with van der Waals surface area (Å²) in [6.07, 6.45) is 4.49. The molecule has 0 N–H and O–H groups in total. The predicted octanol–water partition coefficient (Wildman–Crippen LogP) is 4.31. The highest BCUT2D eigenvalue weighted by atomic mass is 16.5. The number of hydrogen-bond donors (Lipinski definition) is 0. The molecule has 2 aromatic carbocycles. The monoisotopic (exact) mass is 390 g/mol. The SMILES string of the molecule is Cc1ccc2c(c1)C1(CCN(C3CC3)CC1)CN2C(=O)C(C)Oc1ccccc1. The lowest BCUT2D eigenvalue weighted by Crippen LogP contribution is -2.48. The van der Waals surface area contributed by atoms with Gasteiger partial charge in [0, 0.05) is 23.7 Å². The lowest BCUT2D eigenvalue weighted by molar-refractivity contribution is -0.124. The Bertz CT molecular complexity index is 898. The van der Waals surface area contributed by atoms with Crippen LogP contribution < -0.4 is 9.64 Å². The number of anilines is 1. The van der Waals surface area contributed by atoms with Crippen LogP contribution in [-0.4, -0.2) is 42.6 Å². The molecule has 4 heteroatoms. The average molecular weight is 391 g/mol. The number of carbonyl (C=O) groups excluding carboxylic acids is 1. The minimum atomic E-state index is -0.506. The Hall–Kier alpha value is -2.33. The van der Waals surface area contributed by atoms with Crippen molar-refractivity contribution < 1.29 is 9.53 Å². The molecule has 2 heterocycles. The molecule has 5 rings (SSSR count). The molecule has 2 fully saturated rings. The predicted molar refractivity (Wildman–Crippen MR) is 116 cm³/mol. The van der Waals surface area contributed by atoms with Crippen molar-refractivity contribution in [3.63, 3.8) is 0 Å². The Kier molecular flexibility index (Phi) is 4.62. The Morgan fingerprint density at radius 1 is 1.10 bits per heavy atom. The van der Waals surface area contributed by atoms with Crippen molar-refractivity contribution in [1.82, 2.24) is 4.90 Å². The van der Waals surface area contributed by atoms with Crippen LogP contribution in [0.2, 0.25) is 0 Å². The van der Waals surface area contributed by atoms with Gasteiger partial charge in [0.2, 0.25) is 0 Å². The summed E-state index contributed by atoms with van der Waals surface area (Å²) in [7, 11) is 0. The van der Waals surface area contributed by atoms with E-state index in [1.165, 1.54) is 24.0 Å². The highest BCUT2D eigenvalue weighted by molar-refractivity contribution is 5.99. The zero-order valence-corrected chi connectivity index (χ0v) is 17.4. The van der Waals surface area contributed by atoms with Crippen LogP contribution in [0.3, 0.4) is 0 Å². The van der Waals surface area contributed by atoms with Crippen LogP contribution in [0.25, 0.3) is 0 Å². The number of para-hydroxylation sites is 1. The van der Waals surface area contributed by atoms with Crippen LogP contribution in [0.1, 0.15) is 43.7 Å². The van der Waals surface area contributed by atoms with Crippen molar-refractivity contribution in [3.8, 4) is 5.75 Å². The molecule has 1 saturated carbocycles. The highest BCUT2D eigenvalue weighted by Gasteiger charge is 2.48. The van der Waals surface area contributed by atoms with Crippen molar-refractivity contribution in [1.29, 1.82) is 0 Å². The van der Waals surface area contributed by atoms with Gasteiger partial charge in [-0.25, -0.2) is 0 Å². The van der Waals surface area contributed by atoms with E-state index in [0.29, 0.717) is 0 Å². The molecule has 1 saturated heterocycles. The minimum absolute atomic E-state index is 0.0560. The summed E-state index contributed by atoms with van der Waals surface area (Å²) >= 11 is 0. The molecule has 2 aliphatic heterocycles. The summed E-state index contributed by atoms with van der Waals surface area (Å²) in [6, 6.07) is 17.0. The third kappa shape index (κ3) is 3.44. The van der Waals surface area contributed by atoms with Crippen LogP contribution in [-0.2, 0) is 10.2 Å². The molecule has 152 valence electrons. The molecule has 29 heavy (non-hydrogen) atoms. The van der Waals surface area contributed by atoms with Gasteiger partial charge in [-0.05, 0) is 76.4 Å². The molecule has 4 nitrogen and oxygen atoms in total. The standard InChI is InChI=1S/C25H30N2O2/c1-18-8-11-23-22(16-18)25(12-14-26(15-13-25)20-9-10-20)17-27(23)24(28)19(2)29-21-6-4-3-5-7-21/h3-8,11,16,19-20H,9-10,12-15,17H2,1-2H3. The Labute approximate surface area is 173 Å². The molecular formula is C25H30N2O2. The fraction of sp³-hybridized carbons (Fsp3) is 0.480. The van der Waals surface area contributed by atoms with E-state index in [0.717, 1.165) is 50.0 Å². The van der Waals surface area contributed by atoms with Crippen molar-refractivity contribution in [2.45, 2.75) is 57.1 Å². The number of rotatable bonds is 4. The van der Waals surface area contributed by atoms with Gasteiger partial charge in [0.25, 0.3) is 5.91 Å². The lowest BCUT2D eigenvalue weighted by atomic mass is 9.74. The molecule has 0 bridgehead atoms. The molecule has 2 aromatic rings. The van der Waals surface area contributed by atoms with Gasteiger partial charge in [-0.3, -0.25) is 4.79 Å². The third-order valence-electron chi connectivity index (χ3n) is 6.96. The molecular weight excluding hydrogens is 360 g/mol. The number of piperidine rings is 1. The van der Waals surface area contributed by atoms with Crippen molar-refractivity contribution in [3.05, 3.63) is 59.7 Å². The number of benzene rings is 2. The molecule has 1 amide bonds. The second kappa shape index (κ2) is 7.17. The Morgan fingerprint density at radius 2 is 1.83 bits per heavy atom. The molecule has 1 spiro atoms. The largest absolute Gasteiger partial charge is 0.481 e. The number of fused-ring (bicyclic) bond motifs is 2. The van der Waals surface area contributed by atoms with E-state index in [1.807, 2.05) is 42.2 Å². The van der Waals surface area contributed by atoms with Crippen LogP contribution in [0.15, 0.2) is 48.5 Å². The van der Waals surface area contributed by atoms with Crippen LogP contribution in [0, 0.1) is 6.92 Å². The maximum absolute atomic E-state index is 13.4. The molecule has 3 aliphatic rings. The third-order valence-corrected chi connectivity index (χ3v) is 6.96. The molecule has 0 aromatic heterocycles. The summed E-state index contributed by atoms with van der Waals surface area (Å²) in [5.74, 6) is 0.796. The fourth-order valence-corrected chi connectivity index (χ4v) is 5.14. The quantitative estimate of drug-likeness (QED) is 0.780. The van der Waals surface area contributed by atoms with E-state index < -0.39 is 6.10 Å². The zero-order valence-electron chi connectivity index (χ0n) is 17.4. The van der Waals surface area contributed by atoms with Gasteiger partial charge < -0.3 is 14.5 Å². The first kappa shape index (κ1) is 18.7. The van der Waals surface area contributed by atoms with Crippen molar-refractivity contribution >= 4 is 11.6 Å². The van der Waals surface area contributed by atoms with Gasteiger partial charge in [0.05, 0.1) is 0 Å². The molecule has 0 radical (unpaired) electrons. The summed E-state index contributed by atoms with van der Waals surface area (Å²) < 4.78 is 5.96. The number of hydrogen-bond acceptors (Lipinski definition) is 3. The molecule has 1 unspecified atom stereocenters. The summed E-state index contributed by atoms with van der Waals surface area (Å²) in [6.45, 7) is 7.10. The number of nitrogens with zero attached hydrogens (tertiary/aromatic N) is 2. The summed E-state index contributed by atoms with van der Waals surface area (Å²) in [4.78, 5) is 18.1. The normalized spacial score (nSPS) is 21.8. The average Bonchev–Trinajstić information content (AvgIpc) is 3.54. The van der Waals surface area contributed by atoms with E-state index in [1.54, 1.807) is 0 Å². The number of carbonyl (C=O) groups is 1. The van der Waals surface area contributed by atoms with Gasteiger partial charge >= 0.3 is 0 Å². The second-order valence-electron chi connectivity index (χ2n) is 9.07. The van der Waals surface area contributed by atoms with Gasteiger partial charge in [0.15, 0.2) is 6.10 Å². The lowest BCUT2D eigenvalue weighted by Gasteiger charge is -2.40. The first-order valence-corrected chi connectivity index (χ1v) is 10.9. The highest BCUT2D eigenvalue weighted by Crippen LogP contribution is 2.48. The van der Waals surface area contributed by atoms with Crippen molar-refractivity contribution in [2.24, 2.45) is 0 Å². The van der Waals surface area contributed by atoms with E-state index in [4.69, 9.17) is 4.74 Å². The maximum atomic E-state index is 13.4. The smallest absolute Gasteiger partial charge is 0.267 e. The van der Waals surface area contributed by atoms with E-state index in [2.05, 4.69) is 30.0 Å². The number of likely N-dealkylation sites (tertiary alicyclic amines) is 1. The number of aryl methyl sites for hydroxylation is 1. The Balaban J connectivity index is 1.39. The van der Waals surface area contributed by atoms with E-state index in [-0.39, 0.29) is 11.3 Å². The second-order valence-corrected chi connectivity index (χ2v) is 9.07. The van der Waals surface area contributed by atoms with Crippen molar-refractivity contribution in [2.75, 3.05) is 24.5 Å². The van der Waals surface area contributed by atoms with Crippen LogP contribution in [0.5, 0.6) is 5.75 Å². The molecule has 1 aliphatic carbocycles. The molecule has 1 atom stereocenters. The van der Waals surface area contributed by atoms with Crippen LogP contribution >= 0.6 is 0 Å². The van der Waals surface area contributed by atoms with Gasteiger partial charge in [-0.1, -0.05) is 35.9 Å². The summed E-state index contributed by atoms with van der Waals surface area (Å²) in [5, 5.41) is 0. The van der Waals surface area contributed by atoms with Gasteiger partial charge in [-0.2, -0.15) is 0 Å². The van der Waals surface area contributed by atoms with Crippen LogP contribution in [0.4, 0.5) is 5.69 Å². The summed E-state index contributed by atoms with van der Waals surface area (Å²) in [5.41, 5.74) is 3.82.